The Bertz CT molecular complexity index is 489. The molecular formula is C16H24N2O3. The van der Waals surface area contributed by atoms with E-state index in [9.17, 15) is 9.59 Å². The number of rotatable bonds is 5. The van der Waals surface area contributed by atoms with E-state index in [1.54, 1.807) is 4.90 Å². The second-order valence-electron chi connectivity index (χ2n) is 6.11. The number of hydrogen-bond acceptors (Lipinski definition) is 2. The number of aliphatic carboxylic acids is 1. The molecule has 0 saturated heterocycles. The molecule has 0 aliphatic carbocycles. The van der Waals surface area contributed by atoms with Crippen LogP contribution in [0.25, 0.3) is 0 Å². The molecule has 0 aromatic heterocycles. The lowest BCUT2D eigenvalue weighted by atomic mass is 10.1. The van der Waals surface area contributed by atoms with Crippen LogP contribution in [0.1, 0.15) is 38.3 Å². The third-order valence-electron chi connectivity index (χ3n) is 3.17. The molecule has 0 saturated carbocycles. The minimum atomic E-state index is -0.907. The molecule has 1 rings (SSSR count). The van der Waals surface area contributed by atoms with Crippen molar-refractivity contribution in [1.29, 1.82) is 0 Å². The standard InChI is InChI=1S/C16H24N2O3/c1-12-5-7-13(8-6-12)11-17-15(21)18(16(2,3)4)10-9-14(19)20/h5-8H,9-11H2,1-4H3,(H,17,21)(H,19,20). The van der Waals surface area contributed by atoms with Gasteiger partial charge in [-0.25, -0.2) is 4.79 Å². The van der Waals surface area contributed by atoms with Crippen molar-refractivity contribution in [3.8, 4) is 0 Å². The average molecular weight is 292 g/mol. The van der Waals surface area contributed by atoms with Gasteiger partial charge in [0.1, 0.15) is 0 Å². The summed E-state index contributed by atoms with van der Waals surface area (Å²) in [5.74, 6) is -0.907. The summed E-state index contributed by atoms with van der Waals surface area (Å²) in [5, 5.41) is 11.6. The summed E-state index contributed by atoms with van der Waals surface area (Å²) in [6, 6.07) is 7.67. The largest absolute Gasteiger partial charge is 0.481 e. The molecule has 0 radical (unpaired) electrons. The summed E-state index contributed by atoms with van der Waals surface area (Å²) in [4.78, 5) is 24.5. The van der Waals surface area contributed by atoms with Crippen molar-refractivity contribution < 1.29 is 14.7 Å². The Morgan fingerprint density at radius 1 is 1.19 bits per heavy atom. The number of urea groups is 1. The molecule has 5 heteroatoms. The Labute approximate surface area is 126 Å². The lowest BCUT2D eigenvalue weighted by Crippen LogP contribution is -2.50. The number of aryl methyl sites for hydroxylation is 1. The van der Waals surface area contributed by atoms with Gasteiger partial charge >= 0.3 is 12.0 Å². The third kappa shape index (κ3) is 5.85. The molecule has 0 fully saturated rings. The molecule has 0 spiro atoms. The number of carbonyl (C=O) groups is 2. The highest BCUT2D eigenvalue weighted by Crippen LogP contribution is 2.14. The van der Waals surface area contributed by atoms with Gasteiger partial charge in [0.25, 0.3) is 0 Å². The molecule has 0 atom stereocenters. The number of carboxylic acid groups (broad SMARTS) is 1. The van der Waals surface area contributed by atoms with E-state index >= 15 is 0 Å². The summed E-state index contributed by atoms with van der Waals surface area (Å²) in [6.45, 7) is 8.30. The Hall–Kier alpha value is -2.04. The van der Waals surface area contributed by atoms with Crippen molar-refractivity contribution in [3.05, 3.63) is 35.4 Å². The molecule has 1 aromatic carbocycles. The summed E-state index contributed by atoms with van der Waals surface area (Å²) in [6.07, 6.45) is -0.0603. The molecule has 0 heterocycles. The van der Waals surface area contributed by atoms with E-state index < -0.39 is 11.5 Å². The van der Waals surface area contributed by atoms with Gasteiger partial charge in [-0.2, -0.15) is 0 Å². The maximum absolute atomic E-state index is 12.3. The van der Waals surface area contributed by atoms with E-state index in [2.05, 4.69) is 5.32 Å². The topological polar surface area (TPSA) is 69.6 Å². The van der Waals surface area contributed by atoms with Crippen LogP contribution < -0.4 is 5.32 Å². The predicted octanol–water partition coefficient (Wildman–Crippen LogP) is 2.78. The van der Waals surface area contributed by atoms with E-state index in [1.165, 1.54) is 5.56 Å². The molecule has 0 aliphatic heterocycles. The van der Waals surface area contributed by atoms with Gasteiger partial charge in [0.05, 0.1) is 6.42 Å². The molecule has 0 unspecified atom stereocenters. The molecule has 5 nitrogen and oxygen atoms in total. The van der Waals surface area contributed by atoms with E-state index in [4.69, 9.17) is 5.11 Å². The van der Waals surface area contributed by atoms with Crippen LogP contribution in [0.15, 0.2) is 24.3 Å². The molecule has 116 valence electrons. The molecule has 1 aromatic rings. The number of benzene rings is 1. The number of nitrogens with zero attached hydrogens (tertiary/aromatic N) is 1. The quantitative estimate of drug-likeness (QED) is 0.876. The van der Waals surface area contributed by atoms with Gasteiger partial charge in [0.15, 0.2) is 0 Å². The van der Waals surface area contributed by atoms with E-state index in [0.29, 0.717) is 6.54 Å². The van der Waals surface area contributed by atoms with Gasteiger partial charge in [-0.3, -0.25) is 4.79 Å². The summed E-state index contributed by atoms with van der Waals surface area (Å²) in [7, 11) is 0. The first-order valence-corrected chi connectivity index (χ1v) is 7.03. The number of carbonyl (C=O) groups excluding carboxylic acids is 1. The predicted molar refractivity (Wildman–Crippen MR) is 82.1 cm³/mol. The van der Waals surface area contributed by atoms with Crippen LogP contribution in [-0.4, -0.2) is 34.1 Å². The minimum Gasteiger partial charge on any atom is -0.481 e. The van der Waals surface area contributed by atoms with Crippen LogP contribution in [0.3, 0.4) is 0 Å². The van der Waals surface area contributed by atoms with Crippen molar-refractivity contribution in [2.45, 2.75) is 46.2 Å². The highest BCUT2D eigenvalue weighted by molar-refractivity contribution is 5.76. The van der Waals surface area contributed by atoms with Gasteiger partial charge in [0, 0.05) is 18.6 Å². The lowest BCUT2D eigenvalue weighted by molar-refractivity contribution is -0.137. The van der Waals surface area contributed by atoms with Crippen LogP contribution in [0.5, 0.6) is 0 Å². The monoisotopic (exact) mass is 292 g/mol. The van der Waals surface area contributed by atoms with E-state index in [0.717, 1.165) is 5.56 Å². The zero-order valence-corrected chi connectivity index (χ0v) is 13.1. The van der Waals surface area contributed by atoms with Gasteiger partial charge < -0.3 is 15.3 Å². The Morgan fingerprint density at radius 2 is 1.76 bits per heavy atom. The molecule has 2 N–H and O–H groups in total. The average Bonchev–Trinajstić information content (AvgIpc) is 2.36. The molecular weight excluding hydrogens is 268 g/mol. The summed E-state index contributed by atoms with van der Waals surface area (Å²) < 4.78 is 0. The van der Waals surface area contributed by atoms with Crippen LogP contribution in [0.4, 0.5) is 4.79 Å². The van der Waals surface area contributed by atoms with E-state index in [1.807, 2.05) is 52.0 Å². The third-order valence-corrected chi connectivity index (χ3v) is 3.17. The minimum absolute atomic E-state index is 0.0603. The first-order chi connectivity index (χ1) is 9.70. The van der Waals surface area contributed by atoms with Gasteiger partial charge in [0.2, 0.25) is 0 Å². The second-order valence-corrected chi connectivity index (χ2v) is 6.11. The highest BCUT2D eigenvalue weighted by Gasteiger charge is 2.26. The Balaban J connectivity index is 2.63. The van der Waals surface area contributed by atoms with Crippen LogP contribution in [0.2, 0.25) is 0 Å². The Kier molecular flexibility index (Phi) is 5.76. The lowest BCUT2D eigenvalue weighted by Gasteiger charge is -2.35. The molecule has 0 aliphatic rings. The zero-order chi connectivity index (χ0) is 16.0. The van der Waals surface area contributed by atoms with Gasteiger partial charge in [-0.05, 0) is 33.3 Å². The van der Waals surface area contributed by atoms with Crippen molar-refractivity contribution in [3.63, 3.8) is 0 Å². The summed E-state index contributed by atoms with van der Waals surface area (Å²) >= 11 is 0. The second kappa shape index (κ2) is 7.11. The normalized spacial score (nSPS) is 11.0. The van der Waals surface area contributed by atoms with E-state index in [-0.39, 0.29) is 19.0 Å². The first kappa shape index (κ1) is 17.0. The van der Waals surface area contributed by atoms with Crippen molar-refractivity contribution >= 4 is 12.0 Å². The molecule has 21 heavy (non-hydrogen) atoms. The SMILES string of the molecule is Cc1ccc(CNC(=O)N(CCC(=O)O)C(C)(C)C)cc1. The fraction of sp³-hybridized carbons (Fsp3) is 0.500. The maximum Gasteiger partial charge on any atom is 0.318 e. The number of amides is 2. The van der Waals surface area contributed by atoms with Crippen molar-refractivity contribution in [2.24, 2.45) is 0 Å². The maximum atomic E-state index is 12.3. The van der Waals surface area contributed by atoms with Gasteiger partial charge in [-0.1, -0.05) is 29.8 Å². The highest BCUT2D eigenvalue weighted by atomic mass is 16.4. The summed E-state index contributed by atoms with van der Waals surface area (Å²) in [5.41, 5.74) is 1.76. The zero-order valence-electron chi connectivity index (χ0n) is 13.1. The number of nitrogens with one attached hydrogen (secondary N) is 1. The van der Waals surface area contributed by atoms with Gasteiger partial charge in [-0.15, -0.1) is 0 Å². The Morgan fingerprint density at radius 3 is 2.24 bits per heavy atom. The van der Waals surface area contributed by atoms with Crippen LogP contribution in [0, 0.1) is 6.92 Å². The van der Waals surface area contributed by atoms with Crippen molar-refractivity contribution in [2.75, 3.05) is 6.54 Å². The van der Waals surface area contributed by atoms with Crippen LogP contribution >= 0.6 is 0 Å². The number of carboxylic acids is 1. The fourth-order valence-electron chi connectivity index (χ4n) is 1.93. The number of hydrogen-bond donors (Lipinski definition) is 2. The molecule has 2 amide bonds. The van der Waals surface area contributed by atoms with Crippen LogP contribution in [-0.2, 0) is 11.3 Å². The fourth-order valence-corrected chi connectivity index (χ4v) is 1.93. The van der Waals surface area contributed by atoms with Crippen molar-refractivity contribution in [1.82, 2.24) is 10.2 Å². The first-order valence-electron chi connectivity index (χ1n) is 7.03. The smallest absolute Gasteiger partial charge is 0.318 e. The molecule has 0 bridgehead atoms.